The second kappa shape index (κ2) is 30.3. The first-order valence-corrected chi connectivity index (χ1v) is 44.4. The highest BCUT2D eigenvalue weighted by Crippen LogP contribution is 2.80. The van der Waals surface area contributed by atoms with E-state index < -0.39 is 63.5 Å². The number of carboxylic acid groups (broad SMARTS) is 2. The Bertz CT molecular complexity index is 4840. The molecule has 0 bridgehead atoms. The van der Waals surface area contributed by atoms with Crippen LogP contribution < -0.4 is 0 Å². The Morgan fingerprint density at radius 3 is 1.42 bits per heavy atom. The lowest BCUT2D eigenvalue weighted by Gasteiger charge is -2.72. The largest absolute Gasteiger partial charge is 0.481 e. The summed E-state index contributed by atoms with van der Waals surface area (Å²) in [4.78, 5) is 103. The molecule has 17 atom stereocenters. The van der Waals surface area contributed by atoms with E-state index in [4.69, 9.17) is 34.9 Å². The fourth-order valence-corrected chi connectivity index (χ4v) is 28.3. The molecule has 8 fully saturated rings. The topological polar surface area (TPSA) is 315 Å². The molecule has 8 saturated carbocycles. The number of carboxylic acids is 2. The number of aromatic nitrogens is 9. The van der Waals surface area contributed by atoms with E-state index in [9.17, 15) is 44.7 Å². The van der Waals surface area contributed by atoms with Gasteiger partial charge in [-0.05, 0) is 255 Å². The van der Waals surface area contributed by atoms with E-state index in [1.165, 1.54) is 23.5 Å². The number of hydrogen-bond donors (Lipinski definition) is 2. The van der Waals surface area contributed by atoms with Crippen LogP contribution in [0.3, 0.4) is 0 Å². The predicted molar refractivity (Wildman–Crippen MR) is 447 cm³/mol. The van der Waals surface area contributed by atoms with Gasteiger partial charge >= 0.3 is 23.9 Å². The number of nitrogens with zero attached hydrogens (tertiary/aromatic N) is 13. The van der Waals surface area contributed by atoms with E-state index in [-0.39, 0.29) is 115 Å². The molecule has 23 heteroatoms. The molecule has 4 aromatic rings. The van der Waals surface area contributed by atoms with Gasteiger partial charge in [0.25, 0.3) is 0 Å². The van der Waals surface area contributed by atoms with Crippen LogP contribution in [0, 0.1) is 135 Å². The zero-order valence-corrected chi connectivity index (χ0v) is 74.6. The van der Waals surface area contributed by atoms with Gasteiger partial charge in [-0.15, -0.1) is 20.4 Å². The van der Waals surface area contributed by atoms with Gasteiger partial charge in [0.2, 0.25) is 5.82 Å². The molecule has 10 aliphatic rings. The Morgan fingerprint density at radius 2 is 1.00 bits per heavy atom. The Hall–Kier alpha value is -7.89. The second-order valence-corrected chi connectivity index (χ2v) is 43.6. The number of likely N-dealkylation sites (N-methyl/N-ethyl adjacent to an activating group) is 2. The van der Waals surface area contributed by atoms with Gasteiger partial charge in [-0.3, -0.25) is 28.8 Å². The van der Waals surface area contributed by atoms with Crippen LogP contribution in [0.4, 0.5) is 0 Å². The molecule has 23 nitrogen and oxygen atoms in total. The average molecular weight is 1620 g/mol. The summed E-state index contributed by atoms with van der Waals surface area (Å²) < 4.78 is 17.2. The standard InChI is InChI=1S/C95H133N13O10/c1-55(2)75-63(109)45-94(38-36-90(14)59(77(75)94)23-26-67-88(12)32-30-69(117-73(111)49-84(5,6)82(113)114)85(7,8)65(88)28-34-92(67,90)16)47-71-101-103-80(107(71)42-40-105(18)19)61-25-22-58(52-97)62(100-61)44-87(11,83(115)116)50-74(112)118-70-31-33-89(13)66(86(70,9)10)29-35-93(17)68(89)27-24-60-78-76(56(3)4)64(110)46-95(78,39-37-91(60,93)15)48-72-102-104-81(108(72)43-41-106(20)21)79-98-53-57(51-96)54-99-79/h22,25,53-56,59-60,65-70H,23-24,26-50H2,1-21H3,(H,113,114)(H,115,116)/t59-,60-,65?,66?,67?,68?,69+,70+,87?,88+,89+,90-,91-,92-,93-,94+,95+/m1/s1. The molecule has 2 N–H and O–H groups in total. The van der Waals surface area contributed by atoms with Crippen molar-refractivity contribution in [1.82, 2.24) is 54.3 Å². The number of allylic oxidation sites excluding steroid dienone is 4. The Morgan fingerprint density at radius 1 is 0.551 bits per heavy atom. The van der Waals surface area contributed by atoms with E-state index in [1.54, 1.807) is 32.9 Å². The van der Waals surface area contributed by atoms with Gasteiger partial charge in [-0.1, -0.05) is 108 Å². The van der Waals surface area contributed by atoms with Gasteiger partial charge in [-0.25, -0.2) is 15.0 Å². The molecule has 638 valence electrons. The summed E-state index contributed by atoms with van der Waals surface area (Å²) in [6, 6.07) is 7.84. The number of ketones is 2. The number of Topliss-reactive ketones (excluding diaryl/α,β-unsaturated/α-hetero) is 2. The monoisotopic (exact) mass is 1620 g/mol. The van der Waals surface area contributed by atoms with Gasteiger partial charge < -0.3 is 38.6 Å². The highest BCUT2D eigenvalue weighted by molar-refractivity contribution is 6.01. The van der Waals surface area contributed by atoms with Crippen molar-refractivity contribution in [3.05, 3.63) is 75.3 Å². The van der Waals surface area contributed by atoms with Crippen LogP contribution in [0.1, 0.15) is 275 Å². The number of carbonyl (C=O) groups is 6. The van der Waals surface area contributed by atoms with Crippen LogP contribution in [0.15, 0.2) is 46.8 Å². The third-order valence-electron chi connectivity index (χ3n) is 34.8. The Kier molecular flexibility index (Phi) is 22.2. The van der Waals surface area contributed by atoms with Gasteiger partial charge in [0.05, 0.1) is 40.5 Å². The lowest BCUT2D eigenvalue weighted by molar-refractivity contribution is -0.233. The minimum absolute atomic E-state index is 0.0102. The van der Waals surface area contributed by atoms with Crippen molar-refractivity contribution < 1.29 is 48.5 Å². The minimum Gasteiger partial charge on any atom is -0.481 e. The van der Waals surface area contributed by atoms with Crippen LogP contribution in [0.25, 0.3) is 23.2 Å². The maximum Gasteiger partial charge on any atom is 0.310 e. The number of hydrogen-bond acceptors (Lipinski definition) is 19. The van der Waals surface area contributed by atoms with Crippen LogP contribution in [0.2, 0.25) is 0 Å². The molecule has 118 heavy (non-hydrogen) atoms. The van der Waals surface area contributed by atoms with E-state index in [2.05, 4.69) is 138 Å². The van der Waals surface area contributed by atoms with Crippen molar-refractivity contribution in [2.24, 2.45) is 112 Å². The number of ether oxygens (including phenoxy) is 2. The SMILES string of the molecule is CC(C)C1=C2[C@H]3CCC4[C@@]5(C)CC[C@H](OC(=O)CC(C)(C)C(=O)O)C(C)(C)C5CC[C@@]4(C)[C@]3(C)CC[C@@]2(Cc2nnc(-c3ccc(C#N)c(CC(C)(CC(=O)O[C@H]4CC[C@@]5(C)C(CC[C@]6(C)C5CC[C@@H]5C7=C(C(C)C)C(=O)C[C@]7(Cc7nnc(-c8ncc(C#N)cn8)n7CCN(C)C)CC[C@]56C)C4(C)C)C(=O)O)n3)n2CCN(C)C)CC1=O. The van der Waals surface area contributed by atoms with E-state index in [1.807, 2.05) is 28.2 Å². The van der Waals surface area contributed by atoms with Crippen molar-refractivity contribution in [2.75, 3.05) is 41.3 Å². The molecule has 4 aromatic heterocycles. The van der Waals surface area contributed by atoms with Crippen LogP contribution in [-0.4, -0.2) is 153 Å². The molecule has 4 heterocycles. The summed E-state index contributed by atoms with van der Waals surface area (Å²) in [6.45, 7) is 40.1. The number of carbonyl (C=O) groups excluding carboxylic acids is 4. The predicted octanol–water partition coefficient (Wildman–Crippen LogP) is 16.3. The molecular weight excluding hydrogens is 1480 g/mol. The van der Waals surface area contributed by atoms with Crippen LogP contribution in [0.5, 0.6) is 0 Å². The third-order valence-corrected chi connectivity index (χ3v) is 34.8. The van der Waals surface area contributed by atoms with E-state index >= 15 is 4.79 Å². The summed E-state index contributed by atoms with van der Waals surface area (Å²) in [5, 5.41) is 61.2. The zero-order chi connectivity index (χ0) is 85.8. The molecule has 0 radical (unpaired) electrons. The molecule has 5 unspecified atom stereocenters. The fourth-order valence-electron chi connectivity index (χ4n) is 28.3. The molecular formula is C95H133N13O10. The summed E-state index contributed by atoms with van der Waals surface area (Å²) in [7, 11) is 8.12. The summed E-state index contributed by atoms with van der Waals surface area (Å²) in [6.07, 6.45) is 17.8. The van der Waals surface area contributed by atoms with Crippen LogP contribution >= 0.6 is 0 Å². The molecule has 14 rings (SSSR count). The van der Waals surface area contributed by atoms with Gasteiger partial charge in [0.15, 0.2) is 23.2 Å². The van der Waals surface area contributed by atoms with Crippen molar-refractivity contribution in [2.45, 2.75) is 291 Å². The zero-order valence-electron chi connectivity index (χ0n) is 74.6. The number of esters is 2. The molecule has 10 aliphatic carbocycles. The van der Waals surface area contributed by atoms with Gasteiger partial charge in [0.1, 0.15) is 41.7 Å². The fraction of sp³-hybridized carbons (Fsp3) is 0.737. The minimum atomic E-state index is -1.73. The van der Waals surface area contributed by atoms with Crippen LogP contribution in [-0.2, 0) is 70.6 Å². The number of fused-ring (bicyclic) bond motifs is 14. The van der Waals surface area contributed by atoms with Crippen molar-refractivity contribution in [3.8, 4) is 35.3 Å². The first-order chi connectivity index (χ1) is 55.2. The van der Waals surface area contributed by atoms with Crippen molar-refractivity contribution >= 4 is 35.4 Å². The molecule has 0 amide bonds. The van der Waals surface area contributed by atoms with E-state index in [0.717, 1.165) is 126 Å². The summed E-state index contributed by atoms with van der Waals surface area (Å²) in [5.74, 6) is 1.81. The number of pyridine rings is 1. The smallest absolute Gasteiger partial charge is 0.310 e. The molecule has 0 aromatic carbocycles. The lowest BCUT2D eigenvalue weighted by atomic mass is 9.33. The summed E-state index contributed by atoms with van der Waals surface area (Å²) in [5.41, 5.74) is 0.645. The number of nitriles is 2. The quantitative estimate of drug-likeness (QED) is 0.0616. The highest BCUT2D eigenvalue weighted by Gasteiger charge is 2.73. The number of aliphatic carboxylic acids is 2. The maximum absolute atomic E-state index is 15.0. The normalized spacial score (nSPS) is 34.4. The highest BCUT2D eigenvalue weighted by atomic mass is 16.5. The Labute approximate surface area is 699 Å². The molecule has 0 aliphatic heterocycles. The lowest BCUT2D eigenvalue weighted by Crippen LogP contribution is -2.65. The van der Waals surface area contributed by atoms with Crippen molar-refractivity contribution in [1.29, 1.82) is 10.5 Å². The second-order valence-electron chi connectivity index (χ2n) is 43.6. The first kappa shape index (κ1) is 86.5. The van der Waals surface area contributed by atoms with E-state index in [0.29, 0.717) is 92.3 Å². The first-order valence-electron chi connectivity index (χ1n) is 44.4. The van der Waals surface area contributed by atoms with Crippen molar-refractivity contribution in [3.63, 3.8) is 0 Å². The van der Waals surface area contributed by atoms with Gasteiger partial charge in [-0.2, -0.15) is 10.5 Å². The maximum atomic E-state index is 15.0. The van der Waals surface area contributed by atoms with Gasteiger partial charge in [0, 0.05) is 92.3 Å². The Balaban J connectivity index is 0.680. The molecule has 0 saturated heterocycles. The third kappa shape index (κ3) is 13.8. The average Bonchev–Trinajstić information content (AvgIpc) is 1.11. The summed E-state index contributed by atoms with van der Waals surface area (Å²) >= 11 is 0. The number of rotatable bonds is 24. The molecule has 0 spiro atoms.